The van der Waals surface area contributed by atoms with Gasteiger partial charge in [0.15, 0.2) is 5.76 Å². The fourth-order valence-electron chi connectivity index (χ4n) is 0.608. The molecule has 3 nitrogen and oxygen atoms in total. The number of ether oxygens (including phenoxy) is 1. The van der Waals surface area contributed by atoms with E-state index in [1.807, 2.05) is 13.8 Å². The number of nitrogens with zero attached hydrogens (tertiary/aromatic N) is 2. The van der Waals surface area contributed by atoms with E-state index in [1.165, 1.54) is 0 Å². The third kappa shape index (κ3) is 1.22. The Morgan fingerprint density at radius 2 is 2.44 bits per heavy atom. The Labute approximate surface area is 54.4 Å². The topological polar surface area (TPSA) is 35.7 Å². The van der Waals surface area contributed by atoms with Gasteiger partial charge in [-0.1, -0.05) is 0 Å². The molecule has 1 aliphatic rings. The van der Waals surface area contributed by atoms with Crippen LogP contribution in [0.4, 0.5) is 0 Å². The summed E-state index contributed by atoms with van der Waals surface area (Å²) in [6, 6.07) is 0. The minimum Gasteiger partial charge on any atom is -0.490 e. The van der Waals surface area contributed by atoms with Crippen molar-refractivity contribution >= 4 is 6.21 Å². The molecule has 0 aliphatic carbocycles. The molecule has 9 heavy (non-hydrogen) atoms. The number of hydrogen-bond acceptors (Lipinski definition) is 2. The molecule has 1 heterocycles. The van der Waals surface area contributed by atoms with Crippen molar-refractivity contribution in [3.8, 4) is 0 Å². The van der Waals surface area contributed by atoms with Crippen molar-refractivity contribution in [2.24, 2.45) is 5.10 Å². The van der Waals surface area contributed by atoms with E-state index in [4.69, 9.17) is 4.74 Å². The molecule has 1 rings (SSSR count). The lowest BCUT2D eigenvalue weighted by Gasteiger charge is -1.98. The standard InChI is InChI=1S/C6H9N2O/c1-3-9-6-4-7-8-5(6)2/h4H,3H2,1-2H3. The van der Waals surface area contributed by atoms with Crippen molar-refractivity contribution in [1.29, 1.82) is 0 Å². The number of rotatable bonds is 2. The van der Waals surface area contributed by atoms with Crippen LogP contribution in [0.15, 0.2) is 16.6 Å². The Kier molecular flexibility index (Phi) is 1.72. The minimum atomic E-state index is 0.675. The summed E-state index contributed by atoms with van der Waals surface area (Å²) in [5.41, 5.74) is 4.62. The largest absolute Gasteiger partial charge is 0.490 e. The first kappa shape index (κ1) is 6.13. The van der Waals surface area contributed by atoms with Gasteiger partial charge in [0.05, 0.1) is 12.8 Å². The molecule has 0 saturated carbocycles. The highest BCUT2D eigenvalue weighted by Gasteiger charge is 2.06. The Hall–Kier alpha value is -0.990. The maximum Gasteiger partial charge on any atom is 0.162 e. The van der Waals surface area contributed by atoms with E-state index < -0.39 is 0 Å². The van der Waals surface area contributed by atoms with Gasteiger partial charge in [-0.15, -0.1) is 0 Å². The molecular formula is C6H9N2O. The molecule has 0 saturated heterocycles. The van der Waals surface area contributed by atoms with Crippen LogP contribution in [0.2, 0.25) is 0 Å². The SMILES string of the molecule is CCOC1=C(C)[N]N=C1. The van der Waals surface area contributed by atoms with Crippen LogP contribution < -0.4 is 5.43 Å². The molecule has 0 unspecified atom stereocenters. The summed E-state index contributed by atoms with van der Waals surface area (Å²) in [6.07, 6.45) is 1.62. The third-order valence-electron chi connectivity index (χ3n) is 1.04. The molecule has 0 atom stereocenters. The normalized spacial score (nSPS) is 16.2. The van der Waals surface area contributed by atoms with Gasteiger partial charge < -0.3 is 4.74 Å². The van der Waals surface area contributed by atoms with Crippen molar-refractivity contribution in [3.63, 3.8) is 0 Å². The predicted molar refractivity (Wildman–Crippen MR) is 35.0 cm³/mol. The molecular weight excluding hydrogens is 116 g/mol. The van der Waals surface area contributed by atoms with Gasteiger partial charge in [0.1, 0.15) is 5.70 Å². The molecule has 0 spiro atoms. The number of hydrogen-bond donors (Lipinski definition) is 0. The van der Waals surface area contributed by atoms with Crippen LogP contribution in [-0.4, -0.2) is 12.8 Å². The van der Waals surface area contributed by atoms with Gasteiger partial charge in [0.25, 0.3) is 0 Å². The van der Waals surface area contributed by atoms with Crippen LogP contribution in [0, 0.1) is 0 Å². The first-order chi connectivity index (χ1) is 4.34. The zero-order chi connectivity index (χ0) is 6.69. The lowest BCUT2D eigenvalue weighted by Crippen LogP contribution is -1.94. The van der Waals surface area contributed by atoms with Crippen LogP contribution in [0.3, 0.4) is 0 Å². The summed E-state index contributed by atoms with van der Waals surface area (Å²) >= 11 is 0. The summed E-state index contributed by atoms with van der Waals surface area (Å²) in [5.74, 6) is 0.789. The molecule has 0 aromatic heterocycles. The van der Waals surface area contributed by atoms with Gasteiger partial charge in [0, 0.05) is 0 Å². The van der Waals surface area contributed by atoms with Crippen LogP contribution in [0.25, 0.3) is 0 Å². The van der Waals surface area contributed by atoms with Crippen LogP contribution in [0.5, 0.6) is 0 Å². The van der Waals surface area contributed by atoms with Gasteiger partial charge in [-0.25, -0.2) is 0 Å². The first-order valence-corrected chi connectivity index (χ1v) is 2.92. The lowest BCUT2D eigenvalue weighted by molar-refractivity contribution is 0.248. The maximum absolute atomic E-state index is 5.15. The van der Waals surface area contributed by atoms with Gasteiger partial charge in [-0.3, -0.25) is 0 Å². The lowest BCUT2D eigenvalue weighted by atomic mass is 10.4. The average Bonchev–Trinajstić information content (AvgIpc) is 2.18. The fraction of sp³-hybridized carbons (Fsp3) is 0.500. The second-order valence-electron chi connectivity index (χ2n) is 1.73. The number of allylic oxidation sites excluding steroid dienone is 2. The van der Waals surface area contributed by atoms with E-state index in [2.05, 4.69) is 10.5 Å². The third-order valence-corrected chi connectivity index (χ3v) is 1.04. The molecule has 0 bridgehead atoms. The quantitative estimate of drug-likeness (QED) is 0.539. The maximum atomic E-state index is 5.15. The molecule has 49 valence electrons. The van der Waals surface area contributed by atoms with Gasteiger partial charge >= 0.3 is 0 Å². The average molecular weight is 125 g/mol. The van der Waals surface area contributed by atoms with Gasteiger partial charge in [0.2, 0.25) is 0 Å². The van der Waals surface area contributed by atoms with Crippen LogP contribution in [-0.2, 0) is 4.74 Å². The summed E-state index contributed by atoms with van der Waals surface area (Å²) in [5, 5.41) is 3.67. The highest BCUT2D eigenvalue weighted by molar-refractivity contribution is 5.78. The van der Waals surface area contributed by atoms with E-state index >= 15 is 0 Å². The molecule has 0 aromatic rings. The van der Waals surface area contributed by atoms with Crippen LogP contribution >= 0.6 is 0 Å². The van der Waals surface area contributed by atoms with Crippen molar-refractivity contribution in [3.05, 3.63) is 11.5 Å². The fourth-order valence-corrected chi connectivity index (χ4v) is 0.608. The first-order valence-electron chi connectivity index (χ1n) is 2.92. The summed E-state index contributed by atoms with van der Waals surface area (Å²) in [6.45, 7) is 4.48. The van der Waals surface area contributed by atoms with Crippen molar-refractivity contribution in [2.75, 3.05) is 6.61 Å². The highest BCUT2D eigenvalue weighted by atomic mass is 16.5. The molecule has 1 aliphatic heterocycles. The van der Waals surface area contributed by atoms with Crippen LogP contribution in [0.1, 0.15) is 13.8 Å². The predicted octanol–water partition coefficient (Wildman–Crippen LogP) is 0.858. The molecule has 0 aromatic carbocycles. The molecule has 0 amide bonds. The second kappa shape index (κ2) is 2.53. The second-order valence-corrected chi connectivity index (χ2v) is 1.73. The zero-order valence-corrected chi connectivity index (χ0v) is 5.59. The van der Waals surface area contributed by atoms with E-state index in [0.29, 0.717) is 6.61 Å². The smallest absolute Gasteiger partial charge is 0.162 e. The Balaban J connectivity index is 2.54. The molecule has 1 radical (unpaired) electrons. The zero-order valence-electron chi connectivity index (χ0n) is 5.59. The Morgan fingerprint density at radius 1 is 1.67 bits per heavy atom. The highest BCUT2D eigenvalue weighted by Crippen LogP contribution is 2.06. The van der Waals surface area contributed by atoms with Gasteiger partial charge in [-0.2, -0.15) is 10.5 Å². The van der Waals surface area contributed by atoms with Crippen molar-refractivity contribution in [1.82, 2.24) is 5.43 Å². The van der Waals surface area contributed by atoms with Crippen molar-refractivity contribution < 1.29 is 4.74 Å². The van der Waals surface area contributed by atoms with E-state index in [-0.39, 0.29) is 0 Å². The van der Waals surface area contributed by atoms with E-state index in [0.717, 1.165) is 11.5 Å². The monoisotopic (exact) mass is 125 g/mol. The molecule has 3 heteroatoms. The Morgan fingerprint density at radius 3 is 2.89 bits per heavy atom. The molecule has 0 N–H and O–H groups in total. The summed E-state index contributed by atoms with van der Waals surface area (Å²) in [7, 11) is 0. The van der Waals surface area contributed by atoms with Gasteiger partial charge in [-0.05, 0) is 13.8 Å². The Bertz CT molecular complexity index is 160. The minimum absolute atomic E-state index is 0.675. The van der Waals surface area contributed by atoms with E-state index in [1.54, 1.807) is 6.21 Å². The van der Waals surface area contributed by atoms with Crippen molar-refractivity contribution in [2.45, 2.75) is 13.8 Å². The molecule has 0 fully saturated rings. The summed E-state index contributed by atoms with van der Waals surface area (Å²) in [4.78, 5) is 0. The van der Waals surface area contributed by atoms with E-state index in [9.17, 15) is 0 Å². The summed E-state index contributed by atoms with van der Waals surface area (Å²) < 4.78 is 5.15.